The highest BCUT2D eigenvalue weighted by Gasteiger charge is 2.22. The zero-order chi connectivity index (χ0) is 16.9. The number of carbonyl (C=O) groups excluding carboxylic acids is 1. The van der Waals surface area contributed by atoms with E-state index in [1.807, 2.05) is 18.2 Å². The highest BCUT2D eigenvalue weighted by atomic mass is 79.9. The van der Waals surface area contributed by atoms with Crippen LogP contribution in [-0.4, -0.2) is 25.5 Å². The normalized spacial score (nSPS) is 17.2. The molecule has 2 aromatic rings. The van der Waals surface area contributed by atoms with Gasteiger partial charge in [-0.2, -0.15) is 0 Å². The summed E-state index contributed by atoms with van der Waals surface area (Å²) in [4.78, 5) is 13.7. The predicted molar refractivity (Wildman–Crippen MR) is 101 cm³/mol. The van der Waals surface area contributed by atoms with E-state index in [0.29, 0.717) is 11.5 Å². The SMILES string of the molecule is NC(=O)c1cccc(CNCC2CCN(c3cccc(Br)c3)C2)c1. The van der Waals surface area contributed by atoms with Crippen molar-refractivity contribution < 1.29 is 4.79 Å². The Morgan fingerprint density at radius 2 is 2.08 bits per heavy atom. The van der Waals surface area contributed by atoms with Gasteiger partial charge in [0.05, 0.1) is 0 Å². The molecule has 1 aliphatic rings. The highest BCUT2D eigenvalue weighted by molar-refractivity contribution is 9.10. The first kappa shape index (κ1) is 17.0. The van der Waals surface area contributed by atoms with Crippen molar-refractivity contribution in [3.05, 3.63) is 64.1 Å². The Hall–Kier alpha value is -1.85. The quantitative estimate of drug-likeness (QED) is 0.799. The number of nitrogens with one attached hydrogen (secondary N) is 1. The molecule has 1 aliphatic heterocycles. The van der Waals surface area contributed by atoms with Gasteiger partial charge in [-0.25, -0.2) is 0 Å². The van der Waals surface area contributed by atoms with Crippen molar-refractivity contribution in [1.82, 2.24) is 5.32 Å². The Bertz CT molecular complexity index is 719. The lowest BCUT2D eigenvalue weighted by Crippen LogP contribution is -2.26. The first-order chi connectivity index (χ1) is 11.6. The second kappa shape index (κ2) is 7.81. The van der Waals surface area contributed by atoms with Crippen LogP contribution in [0.15, 0.2) is 53.0 Å². The summed E-state index contributed by atoms with van der Waals surface area (Å²) in [5.41, 5.74) is 8.26. The molecule has 1 atom stereocenters. The molecule has 0 radical (unpaired) electrons. The third-order valence-electron chi connectivity index (χ3n) is 4.43. The first-order valence-corrected chi connectivity index (χ1v) is 9.01. The molecule has 2 aromatic carbocycles. The summed E-state index contributed by atoms with van der Waals surface area (Å²) in [5.74, 6) is 0.264. The Labute approximate surface area is 151 Å². The average molecular weight is 388 g/mol. The van der Waals surface area contributed by atoms with Crippen LogP contribution < -0.4 is 16.0 Å². The van der Waals surface area contributed by atoms with Gasteiger partial charge >= 0.3 is 0 Å². The van der Waals surface area contributed by atoms with E-state index in [9.17, 15) is 4.79 Å². The Morgan fingerprint density at radius 3 is 2.88 bits per heavy atom. The molecule has 0 spiro atoms. The third-order valence-corrected chi connectivity index (χ3v) is 4.93. The van der Waals surface area contributed by atoms with Crippen LogP contribution in [0, 0.1) is 5.92 Å². The van der Waals surface area contributed by atoms with E-state index >= 15 is 0 Å². The second-order valence-corrected chi connectivity index (χ2v) is 7.19. The van der Waals surface area contributed by atoms with Gasteiger partial charge in [-0.1, -0.05) is 34.1 Å². The Morgan fingerprint density at radius 1 is 1.25 bits per heavy atom. The van der Waals surface area contributed by atoms with E-state index in [1.165, 1.54) is 12.1 Å². The lowest BCUT2D eigenvalue weighted by atomic mass is 10.1. The van der Waals surface area contributed by atoms with Crippen molar-refractivity contribution in [3.63, 3.8) is 0 Å². The van der Waals surface area contributed by atoms with Gasteiger partial charge in [-0.3, -0.25) is 4.79 Å². The molecular formula is C19H22BrN3O. The zero-order valence-electron chi connectivity index (χ0n) is 13.5. The number of nitrogens with zero attached hydrogens (tertiary/aromatic N) is 1. The van der Waals surface area contributed by atoms with E-state index in [1.54, 1.807) is 6.07 Å². The monoisotopic (exact) mass is 387 g/mol. The number of primary amides is 1. The van der Waals surface area contributed by atoms with E-state index < -0.39 is 0 Å². The van der Waals surface area contributed by atoms with Crippen LogP contribution in [0.2, 0.25) is 0 Å². The van der Waals surface area contributed by atoms with Gasteiger partial charge in [-0.05, 0) is 48.2 Å². The smallest absolute Gasteiger partial charge is 0.248 e. The summed E-state index contributed by atoms with van der Waals surface area (Å²) in [6.07, 6.45) is 1.20. The van der Waals surface area contributed by atoms with E-state index in [0.717, 1.165) is 36.2 Å². The van der Waals surface area contributed by atoms with Gasteiger partial charge in [0.15, 0.2) is 0 Å². The zero-order valence-corrected chi connectivity index (χ0v) is 15.1. The predicted octanol–water partition coefficient (Wildman–Crippen LogP) is 3.16. The fraction of sp³-hybridized carbons (Fsp3) is 0.316. The van der Waals surface area contributed by atoms with Gasteiger partial charge in [0.2, 0.25) is 5.91 Å². The molecule has 1 fully saturated rings. The number of rotatable bonds is 6. The maximum absolute atomic E-state index is 11.2. The van der Waals surface area contributed by atoms with Crippen LogP contribution in [0.4, 0.5) is 5.69 Å². The number of benzene rings is 2. The van der Waals surface area contributed by atoms with Crippen molar-refractivity contribution in [3.8, 4) is 0 Å². The number of anilines is 1. The molecule has 126 valence electrons. The summed E-state index contributed by atoms with van der Waals surface area (Å²) in [6.45, 7) is 3.91. The van der Waals surface area contributed by atoms with Gasteiger partial charge in [0.25, 0.3) is 0 Å². The second-order valence-electron chi connectivity index (χ2n) is 6.28. The average Bonchev–Trinajstić information content (AvgIpc) is 3.04. The topological polar surface area (TPSA) is 58.4 Å². The molecule has 3 rings (SSSR count). The number of hydrogen-bond donors (Lipinski definition) is 2. The van der Waals surface area contributed by atoms with Gasteiger partial charge in [0.1, 0.15) is 0 Å². The number of nitrogens with two attached hydrogens (primary N) is 1. The summed E-state index contributed by atoms with van der Waals surface area (Å²) in [5, 5.41) is 3.51. The van der Waals surface area contributed by atoms with Gasteiger partial charge in [0, 0.05) is 41.9 Å². The third kappa shape index (κ3) is 4.36. The maximum Gasteiger partial charge on any atom is 0.248 e. The van der Waals surface area contributed by atoms with Crippen molar-refractivity contribution in [2.45, 2.75) is 13.0 Å². The summed E-state index contributed by atoms with van der Waals surface area (Å²) in [7, 11) is 0. The fourth-order valence-electron chi connectivity index (χ4n) is 3.16. The number of amides is 1. The molecule has 1 unspecified atom stereocenters. The van der Waals surface area contributed by atoms with Crippen LogP contribution in [0.5, 0.6) is 0 Å². The molecule has 0 bridgehead atoms. The Balaban J connectivity index is 1.48. The van der Waals surface area contributed by atoms with Crippen LogP contribution in [-0.2, 0) is 6.54 Å². The van der Waals surface area contributed by atoms with Gasteiger partial charge < -0.3 is 16.0 Å². The minimum atomic E-state index is -0.377. The van der Waals surface area contributed by atoms with Crippen LogP contribution in [0.3, 0.4) is 0 Å². The fourth-order valence-corrected chi connectivity index (χ4v) is 3.55. The molecule has 4 nitrogen and oxygen atoms in total. The van der Waals surface area contributed by atoms with E-state index in [-0.39, 0.29) is 5.91 Å². The Kier molecular flexibility index (Phi) is 5.53. The lowest BCUT2D eigenvalue weighted by Gasteiger charge is -2.19. The molecule has 1 amide bonds. The van der Waals surface area contributed by atoms with Crippen LogP contribution >= 0.6 is 15.9 Å². The minimum absolute atomic E-state index is 0.377. The summed E-state index contributed by atoms with van der Waals surface area (Å²) in [6, 6.07) is 16.0. The molecule has 0 aliphatic carbocycles. The van der Waals surface area contributed by atoms with Crippen molar-refractivity contribution >= 4 is 27.5 Å². The number of halogens is 1. The van der Waals surface area contributed by atoms with Crippen molar-refractivity contribution in [2.75, 3.05) is 24.5 Å². The maximum atomic E-state index is 11.2. The lowest BCUT2D eigenvalue weighted by molar-refractivity contribution is 0.1000. The van der Waals surface area contributed by atoms with Crippen molar-refractivity contribution in [1.29, 1.82) is 0 Å². The molecule has 0 saturated carbocycles. The standard InChI is InChI=1S/C19H22BrN3O/c20-17-5-2-6-18(10-17)23-8-7-15(13-23)12-22-11-14-3-1-4-16(9-14)19(21)24/h1-6,9-10,15,22H,7-8,11-13H2,(H2,21,24). The number of carbonyl (C=O) groups is 1. The largest absolute Gasteiger partial charge is 0.371 e. The van der Waals surface area contributed by atoms with Crippen LogP contribution in [0.1, 0.15) is 22.3 Å². The van der Waals surface area contributed by atoms with Crippen LogP contribution in [0.25, 0.3) is 0 Å². The summed E-state index contributed by atoms with van der Waals surface area (Å²) >= 11 is 3.54. The van der Waals surface area contributed by atoms with E-state index in [4.69, 9.17) is 5.73 Å². The summed E-state index contributed by atoms with van der Waals surface area (Å²) < 4.78 is 1.12. The highest BCUT2D eigenvalue weighted by Crippen LogP contribution is 2.25. The molecular weight excluding hydrogens is 366 g/mol. The molecule has 24 heavy (non-hydrogen) atoms. The van der Waals surface area contributed by atoms with E-state index in [2.05, 4.69) is 50.4 Å². The molecule has 1 saturated heterocycles. The number of hydrogen-bond acceptors (Lipinski definition) is 3. The van der Waals surface area contributed by atoms with Gasteiger partial charge in [-0.15, -0.1) is 0 Å². The molecule has 3 N–H and O–H groups in total. The molecule has 1 heterocycles. The molecule has 5 heteroatoms. The van der Waals surface area contributed by atoms with Crippen molar-refractivity contribution in [2.24, 2.45) is 11.7 Å². The molecule has 0 aromatic heterocycles. The minimum Gasteiger partial charge on any atom is -0.371 e. The first-order valence-electron chi connectivity index (χ1n) is 8.22.